The van der Waals surface area contributed by atoms with Crippen LogP contribution in [0.1, 0.15) is 28.5 Å². The van der Waals surface area contributed by atoms with Gasteiger partial charge in [-0.15, -0.1) is 10.2 Å². The highest BCUT2D eigenvalue weighted by Gasteiger charge is 2.09. The number of amides is 1. The topological polar surface area (TPSA) is 64.1 Å². The minimum Gasteiger partial charge on any atom is -0.477 e. The molecule has 0 aliphatic heterocycles. The van der Waals surface area contributed by atoms with Crippen LogP contribution in [0.25, 0.3) is 0 Å². The van der Waals surface area contributed by atoms with Crippen molar-refractivity contribution in [2.75, 3.05) is 11.9 Å². The maximum Gasteiger partial charge on any atom is 0.276 e. The molecule has 1 aromatic carbocycles. The van der Waals surface area contributed by atoms with Crippen molar-refractivity contribution in [2.24, 2.45) is 0 Å². The van der Waals surface area contributed by atoms with Gasteiger partial charge in [-0.25, -0.2) is 0 Å². The third-order valence-corrected chi connectivity index (χ3v) is 2.64. The second-order valence-electron chi connectivity index (χ2n) is 4.52. The zero-order chi connectivity index (χ0) is 14.5. The molecule has 0 fully saturated rings. The normalized spacial score (nSPS) is 10.2. The first-order chi connectivity index (χ1) is 9.58. The van der Waals surface area contributed by atoms with Gasteiger partial charge in [0.2, 0.25) is 5.88 Å². The average Bonchev–Trinajstić information content (AvgIpc) is 2.38. The molecule has 0 atom stereocenters. The molecule has 1 aromatic heterocycles. The van der Waals surface area contributed by atoms with Gasteiger partial charge in [-0.05, 0) is 50.1 Å². The van der Waals surface area contributed by atoms with Gasteiger partial charge in [-0.1, -0.05) is 6.07 Å². The molecule has 0 saturated heterocycles. The summed E-state index contributed by atoms with van der Waals surface area (Å²) < 4.78 is 5.19. The molecule has 0 spiro atoms. The van der Waals surface area contributed by atoms with Crippen molar-refractivity contribution in [1.29, 1.82) is 0 Å². The Morgan fingerprint density at radius 2 is 1.85 bits per heavy atom. The van der Waals surface area contributed by atoms with Gasteiger partial charge in [0.15, 0.2) is 5.69 Å². The summed E-state index contributed by atoms with van der Waals surface area (Å²) in [7, 11) is 0. The number of hydrogen-bond donors (Lipinski definition) is 1. The summed E-state index contributed by atoms with van der Waals surface area (Å²) in [6.07, 6.45) is 0. The number of carbonyl (C=O) groups is 1. The molecule has 104 valence electrons. The highest BCUT2D eigenvalue weighted by molar-refractivity contribution is 6.02. The first kappa shape index (κ1) is 14.0. The van der Waals surface area contributed by atoms with Gasteiger partial charge in [0, 0.05) is 11.8 Å². The average molecular weight is 271 g/mol. The van der Waals surface area contributed by atoms with Gasteiger partial charge in [0.1, 0.15) is 0 Å². The van der Waals surface area contributed by atoms with Gasteiger partial charge in [-0.2, -0.15) is 0 Å². The molecular formula is C15H17N3O2. The Balaban J connectivity index is 2.11. The van der Waals surface area contributed by atoms with E-state index in [2.05, 4.69) is 15.5 Å². The zero-order valence-electron chi connectivity index (χ0n) is 11.8. The quantitative estimate of drug-likeness (QED) is 0.928. The minimum atomic E-state index is -0.287. The number of aromatic nitrogens is 2. The van der Waals surface area contributed by atoms with Crippen LogP contribution in [0, 0.1) is 13.8 Å². The molecule has 0 radical (unpaired) electrons. The molecule has 0 bridgehead atoms. The lowest BCUT2D eigenvalue weighted by atomic mass is 10.1. The number of benzene rings is 1. The van der Waals surface area contributed by atoms with Gasteiger partial charge < -0.3 is 10.1 Å². The van der Waals surface area contributed by atoms with E-state index in [4.69, 9.17) is 4.74 Å². The van der Waals surface area contributed by atoms with E-state index in [0.717, 1.165) is 16.8 Å². The Kier molecular flexibility index (Phi) is 4.30. The lowest BCUT2D eigenvalue weighted by Crippen LogP contribution is -2.14. The summed E-state index contributed by atoms with van der Waals surface area (Å²) >= 11 is 0. The molecule has 1 heterocycles. The summed E-state index contributed by atoms with van der Waals surface area (Å²) in [5.74, 6) is 0.126. The van der Waals surface area contributed by atoms with Crippen LogP contribution in [0.3, 0.4) is 0 Å². The SMILES string of the molecule is CCOc1ccc(C(=O)Nc2cc(C)cc(C)c2)nn1. The number of hydrogen-bond acceptors (Lipinski definition) is 4. The molecular weight excluding hydrogens is 254 g/mol. The molecule has 20 heavy (non-hydrogen) atoms. The maximum absolute atomic E-state index is 12.1. The standard InChI is InChI=1S/C15H17N3O2/c1-4-20-14-6-5-13(17-18-14)15(19)16-12-8-10(2)7-11(3)9-12/h5-9H,4H2,1-3H3,(H,16,19). The van der Waals surface area contributed by atoms with Crippen LogP contribution < -0.4 is 10.1 Å². The Hall–Kier alpha value is -2.43. The van der Waals surface area contributed by atoms with Crippen molar-refractivity contribution >= 4 is 11.6 Å². The van der Waals surface area contributed by atoms with E-state index < -0.39 is 0 Å². The van der Waals surface area contributed by atoms with E-state index >= 15 is 0 Å². The number of ether oxygens (including phenoxy) is 1. The van der Waals surface area contributed by atoms with Gasteiger partial charge >= 0.3 is 0 Å². The van der Waals surface area contributed by atoms with Crippen molar-refractivity contribution < 1.29 is 9.53 Å². The summed E-state index contributed by atoms with van der Waals surface area (Å²) in [4.78, 5) is 12.1. The van der Waals surface area contributed by atoms with Crippen LogP contribution in [0.5, 0.6) is 5.88 Å². The number of rotatable bonds is 4. The number of nitrogens with one attached hydrogen (secondary N) is 1. The van der Waals surface area contributed by atoms with E-state index in [0.29, 0.717) is 12.5 Å². The van der Waals surface area contributed by atoms with E-state index in [9.17, 15) is 4.79 Å². The van der Waals surface area contributed by atoms with Crippen molar-refractivity contribution in [3.05, 3.63) is 47.2 Å². The number of aryl methyl sites for hydroxylation is 2. The Bertz CT molecular complexity index is 589. The Morgan fingerprint density at radius 1 is 1.15 bits per heavy atom. The van der Waals surface area contributed by atoms with Gasteiger partial charge in [0.25, 0.3) is 5.91 Å². The van der Waals surface area contributed by atoms with E-state index in [1.165, 1.54) is 0 Å². The molecule has 1 amide bonds. The molecule has 0 aliphatic carbocycles. The van der Waals surface area contributed by atoms with Crippen molar-refractivity contribution in [2.45, 2.75) is 20.8 Å². The fourth-order valence-electron chi connectivity index (χ4n) is 1.91. The summed E-state index contributed by atoms with van der Waals surface area (Å²) in [5.41, 5.74) is 3.20. The molecule has 2 rings (SSSR count). The first-order valence-electron chi connectivity index (χ1n) is 6.44. The Morgan fingerprint density at radius 3 is 2.40 bits per heavy atom. The van der Waals surface area contributed by atoms with Crippen LogP contribution >= 0.6 is 0 Å². The first-order valence-corrected chi connectivity index (χ1v) is 6.44. The third-order valence-electron chi connectivity index (χ3n) is 2.64. The third kappa shape index (κ3) is 3.54. The number of nitrogens with zero attached hydrogens (tertiary/aromatic N) is 2. The van der Waals surface area contributed by atoms with Crippen LogP contribution in [-0.4, -0.2) is 22.7 Å². The maximum atomic E-state index is 12.1. The number of carbonyl (C=O) groups excluding carboxylic acids is 1. The second-order valence-corrected chi connectivity index (χ2v) is 4.52. The largest absolute Gasteiger partial charge is 0.477 e. The molecule has 1 N–H and O–H groups in total. The van der Waals surface area contributed by atoms with Crippen molar-refractivity contribution in [3.63, 3.8) is 0 Å². The predicted octanol–water partition coefficient (Wildman–Crippen LogP) is 2.74. The zero-order valence-corrected chi connectivity index (χ0v) is 11.8. The predicted molar refractivity (Wildman–Crippen MR) is 77.1 cm³/mol. The van der Waals surface area contributed by atoms with E-state index in [-0.39, 0.29) is 11.6 Å². The van der Waals surface area contributed by atoms with E-state index in [1.54, 1.807) is 12.1 Å². The smallest absolute Gasteiger partial charge is 0.276 e. The minimum absolute atomic E-state index is 0.257. The highest BCUT2D eigenvalue weighted by Crippen LogP contribution is 2.15. The molecule has 5 heteroatoms. The Labute approximate surface area is 118 Å². The summed E-state index contributed by atoms with van der Waals surface area (Å²) in [6, 6.07) is 9.09. The molecule has 0 unspecified atom stereocenters. The summed E-state index contributed by atoms with van der Waals surface area (Å²) in [6.45, 7) is 6.35. The van der Waals surface area contributed by atoms with Gasteiger partial charge in [-0.3, -0.25) is 4.79 Å². The second kappa shape index (κ2) is 6.14. The van der Waals surface area contributed by atoms with Crippen LogP contribution in [0.4, 0.5) is 5.69 Å². The van der Waals surface area contributed by atoms with Crippen molar-refractivity contribution in [1.82, 2.24) is 10.2 Å². The molecule has 2 aromatic rings. The van der Waals surface area contributed by atoms with E-state index in [1.807, 2.05) is 39.0 Å². The van der Waals surface area contributed by atoms with Crippen LogP contribution in [-0.2, 0) is 0 Å². The summed E-state index contributed by atoms with van der Waals surface area (Å²) in [5, 5.41) is 10.5. The van der Waals surface area contributed by atoms with Crippen LogP contribution in [0.15, 0.2) is 30.3 Å². The lowest BCUT2D eigenvalue weighted by molar-refractivity contribution is 0.102. The molecule has 0 aliphatic rings. The van der Waals surface area contributed by atoms with Crippen LogP contribution in [0.2, 0.25) is 0 Å². The fourth-order valence-corrected chi connectivity index (χ4v) is 1.91. The van der Waals surface area contributed by atoms with Gasteiger partial charge in [0.05, 0.1) is 6.61 Å². The lowest BCUT2D eigenvalue weighted by Gasteiger charge is -2.07. The number of anilines is 1. The highest BCUT2D eigenvalue weighted by atomic mass is 16.5. The monoisotopic (exact) mass is 271 g/mol. The molecule has 0 saturated carbocycles. The molecule has 5 nitrogen and oxygen atoms in total. The van der Waals surface area contributed by atoms with Crippen molar-refractivity contribution in [3.8, 4) is 5.88 Å². The fraction of sp³-hybridized carbons (Fsp3) is 0.267.